The molecule has 0 spiro atoms. The molecule has 0 aliphatic heterocycles. The number of hydrogen-bond acceptors (Lipinski definition) is 4. The smallest absolute Gasteiger partial charge is 0.332 e. The molecule has 2 rings (SSSR count). The molecule has 0 unspecified atom stereocenters. The van der Waals surface area contributed by atoms with E-state index in [0.29, 0.717) is 5.56 Å². The van der Waals surface area contributed by atoms with Crippen LogP contribution < -0.4 is 0 Å². The Bertz CT molecular complexity index is 573. The molecule has 2 aromatic rings. The van der Waals surface area contributed by atoms with Crippen LogP contribution in [0.25, 0.3) is 10.9 Å². The van der Waals surface area contributed by atoms with E-state index in [-0.39, 0.29) is 19.0 Å². The highest BCUT2D eigenvalue weighted by Gasteiger charge is 2.13. The molecule has 18 heavy (non-hydrogen) atoms. The van der Waals surface area contributed by atoms with Crippen LogP contribution in [0.15, 0.2) is 30.5 Å². The van der Waals surface area contributed by atoms with E-state index in [0.717, 1.165) is 10.9 Å². The minimum atomic E-state index is -0.550. The number of H-pyrrole nitrogens is 1. The molecule has 1 heterocycles. The Morgan fingerprint density at radius 1 is 1.22 bits per heavy atom. The summed E-state index contributed by atoms with van der Waals surface area (Å²) in [4.78, 5) is 26.0. The molecule has 0 aliphatic carbocycles. The first-order valence-corrected chi connectivity index (χ1v) is 5.46. The molecule has 94 valence electrons. The Morgan fingerprint density at radius 2 is 2.00 bits per heavy atom. The number of aromatic nitrogens is 1. The second-order valence-corrected chi connectivity index (χ2v) is 3.76. The molecule has 0 saturated carbocycles. The zero-order valence-electron chi connectivity index (χ0n) is 9.93. The molecule has 0 amide bonds. The molecule has 0 fully saturated rings. The summed E-state index contributed by atoms with van der Waals surface area (Å²) >= 11 is 0. The summed E-state index contributed by atoms with van der Waals surface area (Å²) in [6, 6.07) is 7.45. The summed E-state index contributed by atoms with van der Waals surface area (Å²) in [6.07, 6.45) is 1.62. The number of esters is 1. The van der Waals surface area contributed by atoms with E-state index in [2.05, 4.69) is 9.72 Å². The van der Waals surface area contributed by atoms with Gasteiger partial charge in [0.05, 0.1) is 0 Å². The van der Waals surface area contributed by atoms with Crippen molar-refractivity contribution in [1.29, 1.82) is 0 Å². The Labute approximate surface area is 104 Å². The highest BCUT2D eigenvalue weighted by atomic mass is 16.6. The topological polar surface area (TPSA) is 68.4 Å². The molecular formula is C13H13NO4. The molecule has 0 bridgehead atoms. The van der Waals surface area contributed by atoms with Crippen LogP contribution in [0.1, 0.15) is 10.4 Å². The number of nitrogens with one attached hydrogen (secondary N) is 1. The van der Waals surface area contributed by atoms with Crippen molar-refractivity contribution in [3.05, 3.63) is 36.0 Å². The first-order chi connectivity index (χ1) is 8.72. The summed E-state index contributed by atoms with van der Waals surface area (Å²) in [5.41, 5.74) is 1.40. The molecule has 1 aromatic heterocycles. The number of aromatic amines is 1. The van der Waals surface area contributed by atoms with Crippen molar-refractivity contribution in [1.82, 2.24) is 4.98 Å². The van der Waals surface area contributed by atoms with E-state index in [1.165, 1.54) is 7.11 Å². The summed E-state index contributed by atoms with van der Waals surface area (Å²) < 4.78 is 9.39. The van der Waals surface area contributed by atoms with Crippen LogP contribution in [0, 0.1) is 0 Å². The van der Waals surface area contributed by atoms with Gasteiger partial charge in [0, 0.05) is 29.8 Å². The van der Waals surface area contributed by atoms with Crippen molar-refractivity contribution in [2.24, 2.45) is 0 Å². The highest BCUT2D eigenvalue weighted by molar-refractivity contribution is 6.08. The molecule has 1 aromatic carbocycles. The van der Waals surface area contributed by atoms with Crippen LogP contribution in [-0.2, 0) is 14.3 Å². The lowest BCUT2D eigenvalue weighted by molar-refractivity contribution is -0.146. The fourth-order valence-corrected chi connectivity index (χ4v) is 1.69. The molecule has 5 heteroatoms. The van der Waals surface area contributed by atoms with Crippen LogP contribution in [0.4, 0.5) is 0 Å². The minimum Gasteiger partial charge on any atom is -0.456 e. The molecule has 1 N–H and O–H groups in total. The number of carbonyl (C=O) groups is 2. The SMILES string of the molecule is COCC(=O)OCC(=O)c1c[nH]c2ccccc12. The maximum Gasteiger partial charge on any atom is 0.332 e. The Kier molecular flexibility index (Phi) is 3.74. The van der Waals surface area contributed by atoms with Crippen molar-refractivity contribution in [3.8, 4) is 0 Å². The fraction of sp³-hybridized carbons (Fsp3) is 0.231. The third-order valence-electron chi connectivity index (χ3n) is 2.52. The number of Topliss-reactive ketones (excluding diaryl/α,β-unsaturated/α-hetero) is 1. The largest absolute Gasteiger partial charge is 0.456 e. The van der Waals surface area contributed by atoms with Gasteiger partial charge < -0.3 is 14.5 Å². The van der Waals surface area contributed by atoms with Gasteiger partial charge in [0.2, 0.25) is 5.78 Å². The number of benzene rings is 1. The maximum atomic E-state index is 11.9. The van der Waals surface area contributed by atoms with Crippen LogP contribution in [0.3, 0.4) is 0 Å². The summed E-state index contributed by atoms with van der Waals surface area (Å²) in [5.74, 6) is -0.789. The molecule has 0 saturated heterocycles. The summed E-state index contributed by atoms with van der Waals surface area (Å²) in [7, 11) is 1.39. The lowest BCUT2D eigenvalue weighted by Crippen LogP contribution is -2.17. The first kappa shape index (κ1) is 12.3. The predicted molar refractivity (Wildman–Crippen MR) is 65.5 cm³/mol. The zero-order valence-corrected chi connectivity index (χ0v) is 9.93. The van der Waals surface area contributed by atoms with Gasteiger partial charge >= 0.3 is 5.97 Å². The number of ether oxygens (including phenoxy) is 2. The quantitative estimate of drug-likeness (QED) is 0.642. The number of methoxy groups -OCH3 is 1. The van der Waals surface area contributed by atoms with Crippen molar-refractivity contribution < 1.29 is 19.1 Å². The average molecular weight is 247 g/mol. The molecule has 5 nitrogen and oxygen atoms in total. The number of hydrogen-bond donors (Lipinski definition) is 1. The lowest BCUT2D eigenvalue weighted by atomic mass is 10.1. The van der Waals surface area contributed by atoms with Gasteiger partial charge in [-0.1, -0.05) is 18.2 Å². The van der Waals surface area contributed by atoms with E-state index in [1.54, 1.807) is 6.20 Å². The van der Waals surface area contributed by atoms with Gasteiger partial charge in [0.1, 0.15) is 6.61 Å². The maximum absolute atomic E-state index is 11.9. The van der Waals surface area contributed by atoms with Gasteiger partial charge in [-0.2, -0.15) is 0 Å². The van der Waals surface area contributed by atoms with Crippen LogP contribution >= 0.6 is 0 Å². The van der Waals surface area contributed by atoms with E-state index in [4.69, 9.17) is 4.74 Å². The lowest BCUT2D eigenvalue weighted by Gasteiger charge is -2.02. The van der Waals surface area contributed by atoms with Gasteiger partial charge in [-0.25, -0.2) is 4.79 Å². The van der Waals surface area contributed by atoms with Gasteiger partial charge in [0.25, 0.3) is 0 Å². The van der Waals surface area contributed by atoms with Gasteiger partial charge in [-0.3, -0.25) is 4.79 Å². The van der Waals surface area contributed by atoms with Gasteiger partial charge in [-0.05, 0) is 6.07 Å². The Morgan fingerprint density at radius 3 is 2.78 bits per heavy atom. The van der Waals surface area contributed by atoms with Crippen LogP contribution in [0.2, 0.25) is 0 Å². The van der Waals surface area contributed by atoms with Crippen molar-refractivity contribution in [2.45, 2.75) is 0 Å². The second kappa shape index (κ2) is 5.46. The van der Waals surface area contributed by atoms with Crippen molar-refractivity contribution in [3.63, 3.8) is 0 Å². The van der Waals surface area contributed by atoms with E-state index in [9.17, 15) is 9.59 Å². The summed E-state index contributed by atoms with van der Waals surface area (Å²) in [6.45, 7) is -0.425. The minimum absolute atomic E-state index is 0.152. The van der Waals surface area contributed by atoms with Gasteiger partial charge in [-0.15, -0.1) is 0 Å². The van der Waals surface area contributed by atoms with E-state index in [1.807, 2.05) is 24.3 Å². The zero-order chi connectivity index (χ0) is 13.0. The van der Waals surface area contributed by atoms with E-state index < -0.39 is 5.97 Å². The third-order valence-corrected chi connectivity index (χ3v) is 2.52. The predicted octanol–water partition coefficient (Wildman–Crippen LogP) is 1.54. The standard InChI is InChI=1S/C13H13NO4/c1-17-8-13(16)18-7-12(15)10-6-14-11-5-3-2-4-9(10)11/h2-6,14H,7-8H2,1H3. The summed E-state index contributed by atoms with van der Waals surface area (Å²) in [5, 5.41) is 0.824. The fourth-order valence-electron chi connectivity index (χ4n) is 1.69. The Hall–Kier alpha value is -2.14. The van der Waals surface area contributed by atoms with Crippen LogP contribution in [-0.4, -0.2) is 37.1 Å². The number of ketones is 1. The average Bonchev–Trinajstić information content (AvgIpc) is 2.80. The molecule has 0 aliphatic rings. The van der Waals surface area contributed by atoms with Crippen molar-refractivity contribution >= 4 is 22.7 Å². The highest BCUT2D eigenvalue weighted by Crippen LogP contribution is 2.18. The molecule has 0 atom stereocenters. The second-order valence-electron chi connectivity index (χ2n) is 3.76. The number of fused-ring (bicyclic) bond motifs is 1. The van der Waals surface area contributed by atoms with Crippen LogP contribution in [0.5, 0.6) is 0 Å². The number of rotatable bonds is 5. The monoisotopic (exact) mass is 247 g/mol. The first-order valence-electron chi connectivity index (χ1n) is 5.46. The Balaban J connectivity index is 2.07. The number of para-hydroxylation sites is 1. The normalized spacial score (nSPS) is 10.5. The third kappa shape index (κ3) is 2.57. The van der Waals surface area contributed by atoms with Crippen molar-refractivity contribution in [2.75, 3.05) is 20.3 Å². The molecular weight excluding hydrogens is 234 g/mol. The van der Waals surface area contributed by atoms with E-state index >= 15 is 0 Å². The molecule has 0 radical (unpaired) electrons. The van der Waals surface area contributed by atoms with Gasteiger partial charge in [0.15, 0.2) is 6.61 Å². The number of carbonyl (C=O) groups excluding carboxylic acids is 2.